The van der Waals surface area contributed by atoms with Crippen molar-refractivity contribution in [3.8, 4) is 11.5 Å². The number of fused-ring (bicyclic) bond motifs is 1. The molecule has 7 nitrogen and oxygen atoms in total. The van der Waals surface area contributed by atoms with Gasteiger partial charge in [0.05, 0.1) is 23.9 Å². The van der Waals surface area contributed by atoms with Crippen molar-refractivity contribution in [1.29, 1.82) is 0 Å². The highest BCUT2D eigenvalue weighted by atomic mass is 19.1. The van der Waals surface area contributed by atoms with Crippen molar-refractivity contribution in [2.24, 2.45) is 0 Å². The molecule has 3 aliphatic heterocycles. The summed E-state index contributed by atoms with van der Waals surface area (Å²) in [7, 11) is 1.61. The molecule has 1 N–H and O–H groups in total. The number of ether oxygens (including phenoxy) is 2. The number of likely N-dealkylation sites (N-methyl/N-ethyl adjacent to an activating group) is 1. The predicted octanol–water partition coefficient (Wildman–Crippen LogP) is 2.55. The Bertz CT molecular complexity index is 1070. The van der Waals surface area contributed by atoms with Crippen LogP contribution in [0.5, 0.6) is 11.5 Å². The summed E-state index contributed by atoms with van der Waals surface area (Å²) >= 11 is 0. The Morgan fingerprint density at radius 1 is 1.14 bits per heavy atom. The van der Waals surface area contributed by atoms with Crippen molar-refractivity contribution in [3.05, 3.63) is 70.7 Å². The van der Waals surface area contributed by atoms with Crippen molar-refractivity contribution in [2.75, 3.05) is 20.4 Å². The topological polar surface area (TPSA) is 71.1 Å². The predicted molar refractivity (Wildman–Crippen MR) is 100 cm³/mol. The molecule has 29 heavy (non-hydrogen) atoms. The monoisotopic (exact) mass is 395 g/mol. The Kier molecular flexibility index (Phi) is 3.94. The fourth-order valence-electron chi connectivity index (χ4n) is 3.95. The molecule has 0 aliphatic carbocycles. The van der Waals surface area contributed by atoms with Crippen LogP contribution in [0, 0.1) is 5.82 Å². The molecular formula is C21H18FN3O4. The number of nitrogens with zero attached hydrogens (tertiary/aromatic N) is 2. The molecule has 0 unspecified atom stereocenters. The minimum atomic E-state index is -0.816. The number of carbonyl (C=O) groups is 2. The van der Waals surface area contributed by atoms with Gasteiger partial charge in [-0.2, -0.15) is 0 Å². The Hall–Kier alpha value is -3.55. The second-order valence-corrected chi connectivity index (χ2v) is 7.17. The van der Waals surface area contributed by atoms with Gasteiger partial charge in [-0.3, -0.25) is 9.69 Å². The largest absolute Gasteiger partial charge is 0.454 e. The van der Waals surface area contributed by atoms with Gasteiger partial charge in [-0.05, 0) is 23.8 Å². The maximum atomic E-state index is 14.4. The minimum Gasteiger partial charge on any atom is -0.454 e. The smallest absolute Gasteiger partial charge is 0.322 e. The fourth-order valence-corrected chi connectivity index (χ4v) is 3.95. The van der Waals surface area contributed by atoms with E-state index in [1.54, 1.807) is 30.1 Å². The van der Waals surface area contributed by atoms with E-state index in [1.807, 2.05) is 18.2 Å². The average molecular weight is 395 g/mol. The number of amides is 3. The first-order valence-electron chi connectivity index (χ1n) is 9.22. The van der Waals surface area contributed by atoms with E-state index in [4.69, 9.17) is 9.47 Å². The molecule has 148 valence electrons. The van der Waals surface area contributed by atoms with Gasteiger partial charge in [0.2, 0.25) is 6.79 Å². The zero-order valence-corrected chi connectivity index (χ0v) is 15.6. The second-order valence-electron chi connectivity index (χ2n) is 7.17. The Labute approximate surface area is 166 Å². The number of benzene rings is 2. The first kappa shape index (κ1) is 17.5. The molecule has 3 heterocycles. The lowest BCUT2D eigenvalue weighted by molar-refractivity contribution is -0.126. The van der Waals surface area contributed by atoms with Gasteiger partial charge in [-0.15, -0.1) is 0 Å². The number of nitrogens with one attached hydrogen (secondary N) is 1. The summed E-state index contributed by atoms with van der Waals surface area (Å²) < 4.78 is 25.1. The quantitative estimate of drug-likeness (QED) is 0.867. The van der Waals surface area contributed by atoms with Crippen LogP contribution in [0.3, 0.4) is 0 Å². The highest BCUT2D eigenvalue weighted by Gasteiger charge is 2.43. The Morgan fingerprint density at radius 2 is 1.93 bits per heavy atom. The third-order valence-electron chi connectivity index (χ3n) is 5.46. The zero-order chi connectivity index (χ0) is 20.1. The van der Waals surface area contributed by atoms with E-state index in [9.17, 15) is 14.0 Å². The van der Waals surface area contributed by atoms with Crippen LogP contribution < -0.4 is 14.8 Å². The summed E-state index contributed by atoms with van der Waals surface area (Å²) in [5.74, 6) is 0.632. The molecule has 8 heteroatoms. The van der Waals surface area contributed by atoms with Gasteiger partial charge in [0.1, 0.15) is 5.82 Å². The summed E-state index contributed by atoms with van der Waals surface area (Å²) in [6.07, 6.45) is 0. The molecule has 5 rings (SSSR count). The molecular weight excluding hydrogens is 377 g/mol. The normalized spacial score (nSPS) is 20.3. The van der Waals surface area contributed by atoms with Crippen LogP contribution in [-0.2, 0) is 11.3 Å². The summed E-state index contributed by atoms with van der Waals surface area (Å²) in [4.78, 5) is 28.7. The summed E-state index contributed by atoms with van der Waals surface area (Å²) in [5.41, 5.74) is 2.15. The molecule has 0 bridgehead atoms. The van der Waals surface area contributed by atoms with Gasteiger partial charge in [-0.25, -0.2) is 9.18 Å². The highest BCUT2D eigenvalue weighted by Crippen LogP contribution is 2.38. The minimum absolute atomic E-state index is 0.181. The maximum Gasteiger partial charge on any atom is 0.322 e. The van der Waals surface area contributed by atoms with Gasteiger partial charge in [0, 0.05) is 19.2 Å². The molecule has 0 fully saturated rings. The Balaban J connectivity index is 1.46. The summed E-state index contributed by atoms with van der Waals surface area (Å²) in [6.45, 7) is 0.798. The van der Waals surface area contributed by atoms with Crippen LogP contribution in [0.4, 0.5) is 9.18 Å². The molecule has 0 saturated heterocycles. The van der Waals surface area contributed by atoms with Gasteiger partial charge in [0.25, 0.3) is 5.91 Å². The number of rotatable bonds is 3. The van der Waals surface area contributed by atoms with Gasteiger partial charge in [0.15, 0.2) is 11.5 Å². The molecule has 0 spiro atoms. The number of carbonyl (C=O) groups excluding carboxylic acids is 2. The van der Waals surface area contributed by atoms with E-state index in [-0.39, 0.29) is 30.8 Å². The SMILES string of the molecule is CN1C(=O)N[C@H](c2ccccc2F)C2=C1CN(Cc1ccc3c(c1)OCO3)C2=O. The van der Waals surface area contributed by atoms with Crippen molar-refractivity contribution in [2.45, 2.75) is 12.6 Å². The molecule has 0 radical (unpaired) electrons. The van der Waals surface area contributed by atoms with Crippen LogP contribution in [0.15, 0.2) is 53.7 Å². The van der Waals surface area contributed by atoms with Crippen LogP contribution >= 0.6 is 0 Å². The van der Waals surface area contributed by atoms with E-state index >= 15 is 0 Å². The van der Waals surface area contributed by atoms with Crippen molar-refractivity contribution < 1.29 is 23.5 Å². The number of halogens is 1. The third kappa shape index (κ3) is 2.79. The molecule has 3 amide bonds. The molecule has 0 aromatic heterocycles. The number of urea groups is 1. The third-order valence-corrected chi connectivity index (χ3v) is 5.46. The first-order chi connectivity index (χ1) is 14.0. The molecule has 3 aliphatic rings. The lowest BCUT2D eigenvalue weighted by Gasteiger charge is -2.31. The van der Waals surface area contributed by atoms with Gasteiger partial charge >= 0.3 is 6.03 Å². The second kappa shape index (κ2) is 6.51. The van der Waals surface area contributed by atoms with Gasteiger partial charge in [-0.1, -0.05) is 24.3 Å². The molecule has 2 aromatic carbocycles. The van der Waals surface area contributed by atoms with Crippen LogP contribution in [0.1, 0.15) is 17.2 Å². The molecule has 1 atom stereocenters. The highest BCUT2D eigenvalue weighted by molar-refractivity contribution is 6.01. The first-order valence-corrected chi connectivity index (χ1v) is 9.22. The van der Waals surface area contributed by atoms with Crippen LogP contribution in [-0.4, -0.2) is 42.1 Å². The average Bonchev–Trinajstić information content (AvgIpc) is 3.30. The van der Waals surface area contributed by atoms with Crippen molar-refractivity contribution in [1.82, 2.24) is 15.1 Å². The van der Waals surface area contributed by atoms with Gasteiger partial charge < -0.3 is 19.7 Å². The molecule has 0 saturated carbocycles. The zero-order valence-electron chi connectivity index (χ0n) is 15.6. The number of hydrogen-bond acceptors (Lipinski definition) is 4. The maximum absolute atomic E-state index is 14.4. The van der Waals surface area contributed by atoms with E-state index in [0.717, 1.165) is 5.56 Å². The standard InChI is InChI=1S/C21H18FN3O4/c1-24-15-10-25(9-12-6-7-16-17(8-12)29-11-28-16)20(26)18(15)19(23-21(24)27)13-4-2-3-5-14(13)22/h2-8,19H,9-11H2,1H3,(H,23,27)/t19-/m1/s1. The Morgan fingerprint density at radius 3 is 2.76 bits per heavy atom. The van der Waals surface area contributed by atoms with E-state index < -0.39 is 11.9 Å². The summed E-state index contributed by atoms with van der Waals surface area (Å²) in [5, 5.41) is 2.75. The van der Waals surface area contributed by atoms with Crippen LogP contribution in [0.25, 0.3) is 0 Å². The fraction of sp³-hybridized carbons (Fsp3) is 0.238. The van der Waals surface area contributed by atoms with E-state index in [2.05, 4.69) is 5.32 Å². The van der Waals surface area contributed by atoms with E-state index in [0.29, 0.717) is 29.3 Å². The van der Waals surface area contributed by atoms with Crippen molar-refractivity contribution >= 4 is 11.9 Å². The van der Waals surface area contributed by atoms with E-state index in [1.165, 1.54) is 11.0 Å². The van der Waals surface area contributed by atoms with Crippen LogP contribution in [0.2, 0.25) is 0 Å². The molecule has 2 aromatic rings. The lowest BCUT2D eigenvalue weighted by Crippen LogP contribution is -2.45. The lowest BCUT2D eigenvalue weighted by atomic mass is 9.95. The number of hydrogen-bond donors (Lipinski definition) is 1. The summed E-state index contributed by atoms with van der Waals surface area (Å²) in [6, 6.07) is 10.5. The van der Waals surface area contributed by atoms with Crippen molar-refractivity contribution in [3.63, 3.8) is 0 Å².